The zero-order chi connectivity index (χ0) is 42.4. The molecule has 59 heavy (non-hydrogen) atoms. The van der Waals surface area contributed by atoms with Crippen molar-refractivity contribution in [2.75, 3.05) is 6.61 Å². The van der Waals surface area contributed by atoms with Crippen LogP contribution in [0.15, 0.2) is 97.4 Å². The Hall–Kier alpha value is -4.09. The standard InChI is InChI=1S/C49H69NO8Si/c1-10-11-14-25-41(55-56-47(35(2)3)32-50-58-54-36(4)38-22-17-13-18-23-38)27-28-42-43-29-39-24-19-26-45(52-34-48(51)53-33-37-20-15-12-16-21-37)44(39)30-40(43)31-46(42)57-59(8,9)49(5,6)7/h12-13,15-24,26,32,35,40-43,46,50H,4,10-11,14,25,27-31,33-34H2,1-3,5-9H3/t40-,41-,42+,43-,46+/m0/s1. The fraction of sp³-hybridized carbons (Fsp3) is 0.531. The first-order chi connectivity index (χ1) is 28.3. The van der Waals surface area contributed by atoms with Crippen LogP contribution >= 0.6 is 0 Å². The third kappa shape index (κ3) is 13.5. The average molecular weight is 828 g/mol. The van der Waals surface area contributed by atoms with Gasteiger partial charge in [0.05, 0.1) is 6.20 Å². The zero-order valence-corrected chi connectivity index (χ0v) is 37.8. The van der Waals surface area contributed by atoms with E-state index in [9.17, 15) is 4.79 Å². The van der Waals surface area contributed by atoms with E-state index in [1.807, 2.05) is 80.6 Å². The van der Waals surface area contributed by atoms with Crippen molar-refractivity contribution >= 4 is 20.0 Å². The van der Waals surface area contributed by atoms with Crippen molar-refractivity contribution < 1.29 is 38.3 Å². The number of benzene rings is 3. The van der Waals surface area contributed by atoms with Crippen LogP contribution in [-0.2, 0) is 53.1 Å². The first-order valence-electron chi connectivity index (χ1n) is 21.7. The van der Waals surface area contributed by atoms with Gasteiger partial charge >= 0.3 is 5.97 Å². The van der Waals surface area contributed by atoms with E-state index in [1.54, 1.807) is 6.20 Å². The Morgan fingerprint density at radius 2 is 1.66 bits per heavy atom. The largest absolute Gasteiger partial charge is 0.482 e. The fourth-order valence-corrected chi connectivity index (χ4v) is 9.38. The molecule has 1 N–H and O–H groups in total. The van der Waals surface area contributed by atoms with Crippen LogP contribution in [0.2, 0.25) is 18.1 Å². The van der Waals surface area contributed by atoms with Crippen LogP contribution in [0.25, 0.3) is 5.76 Å². The van der Waals surface area contributed by atoms with Crippen molar-refractivity contribution in [2.24, 2.45) is 23.7 Å². The minimum Gasteiger partial charge on any atom is -0.482 e. The van der Waals surface area contributed by atoms with Gasteiger partial charge in [-0.1, -0.05) is 145 Å². The van der Waals surface area contributed by atoms with Gasteiger partial charge in [-0.3, -0.25) is 0 Å². The predicted molar refractivity (Wildman–Crippen MR) is 236 cm³/mol. The Kier molecular flexibility index (Phi) is 17.1. The number of hydroxylamine groups is 1. The molecule has 0 amide bonds. The molecule has 0 heterocycles. The number of nitrogens with one attached hydrogen (secondary N) is 1. The lowest BCUT2D eigenvalue weighted by Crippen LogP contribution is -2.45. The lowest BCUT2D eigenvalue weighted by Gasteiger charge is -2.40. The maximum Gasteiger partial charge on any atom is 0.344 e. The summed E-state index contributed by atoms with van der Waals surface area (Å²) in [5.41, 5.74) is 7.03. The van der Waals surface area contributed by atoms with Crippen LogP contribution in [0.1, 0.15) is 109 Å². The van der Waals surface area contributed by atoms with Crippen molar-refractivity contribution in [1.82, 2.24) is 5.48 Å². The average Bonchev–Trinajstić information content (AvgIpc) is 3.54. The highest BCUT2D eigenvalue weighted by Crippen LogP contribution is 2.51. The van der Waals surface area contributed by atoms with Gasteiger partial charge < -0.3 is 23.7 Å². The third-order valence-corrected chi connectivity index (χ3v) is 17.0. The van der Waals surface area contributed by atoms with Gasteiger partial charge in [0.25, 0.3) is 0 Å². The molecule has 0 spiro atoms. The summed E-state index contributed by atoms with van der Waals surface area (Å²) < 4.78 is 19.0. The topological polar surface area (TPSA) is 93.7 Å². The van der Waals surface area contributed by atoms with E-state index in [1.165, 1.54) is 11.1 Å². The van der Waals surface area contributed by atoms with Gasteiger partial charge in [-0.15, -0.1) is 0 Å². The number of fused-ring (bicyclic) bond motifs is 2. The molecule has 10 heteroatoms. The molecule has 0 unspecified atom stereocenters. The van der Waals surface area contributed by atoms with Crippen LogP contribution in [0.4, 0.5) is 0 Å². The molecule has 0 aliphatic heterocycles. The summed E-state index contributed by atoms with van der Waals surface area (Å²) in [4.78, 5) is 35.6. The van der Waals surface area contributed by atoms with E-state index >= 15 is 0 Å². The van der Waals surface area contributed by atoms with Crippen LogP contribution in [0.3, 0.4) is 0 Å². The number of rotatable bonds is 23. The molecule has 322 valence electrons. The predicted octanol–water partition coefficient (Wildman–Crippen LogP) is 11.8. The van der Waals surface area contributed by atoms with Crippen LogP contribution in [0.5, 0.6) is 5.75 Å². The van der Waals surface area contributed by atoms with E-state index in [0.29, 0.717) is 29.3 Å². The third-order valence-electron chi connectivity index (χ3n) is 12.4. The Bertz CT molecular complexity index is 1790. The van der Waals surface area contributed by atoms with E-state index in [4.69, 9.17) is 33.6 Å². The number of esters is 1. The summed E-state index contributed by atoms with van der Waals surface area (Å²) in [7, 11) is -2.07. The van der Waals surface area contributed by atoms with Crippen molar-refractivity contribution in [1.29, 1.82) is 0 Å². The highest BCUT2D eigenvalue weighted by molar-refractivity contribution is 6.74. The molecular weight excluding hydrogens is 759 g/mol. The number of allylic oxidation sites excluding steroid dienone is 1. The van der Waals surface area contributed by atoms with Crippen molar-refractivity contribution in [3.8, 4) is 5.75 Å². The highest BCUT2D eigenvalue weighted by Gasteiger charge is 2.49. The number of carbonyl (C=O) groups is 1. The van der Waals surface area contributed by atoms with Crippen LogP contribution < -0.4 is 10.2 Å². The van der Waals surface area contributed by atoms with Crippen molar-refractivity contribution in [2.45, 2.75) is 136 Å². The maximum atomic E-state index is 12.7. The van der Waals surface area contributed by atoms with E-state index in [0.717, 1.165) is 74.7 Å². The lowest BCUT2D eigenvalue weighted by atomic mass is 9.73. The van der Waals surface area contributed by atoms with Gasteiger partial charge in [0.2, 0.25) is 0 Å². The normalized spacial score (nSPS) is 19.7. The monoisotopic (exact) mass is 827 g/mol. The van der Waals surface area contributed by atoms with Gasteiger partial charge in [-0.2, -0.15) is 4.89 Å². The van der Waals surface area contributed by atoms with E-state index < -0.39 is 8.32 Å². The smallest absolute Gasteiger partial charge is 0.344 e. The molecular formula is C49H69NO8Si. The van der Waals surface area contributed by atoms with Gasteiger partial charge in [0, 0.05) is 17.6 Å². The molecule has 0 bridgehead atoms. The Labute approximate surface area is 354 Å². The Morgan fingerprint density at radius 1 is 0.932 bits per heavy atom. The van der Waals surface area contributed by atoms with E-state index in [-0.39, 0.29) is 42.3 Å². The summed E-state index contributed by atoms with van der Waals surface area (Å²) in [5, 5.41) is 0.0984. The molecule has 5 rings (SSSR count). The molecule has 2 aliphatic carbocycles. The second-order valence-electron chi connectivity index (χ2n) is 18.1. The Balaban J connectivity index is 1.25. The number of unbranched alkanes of at least 4 members (excludes halogenated alkanes) is 2. The number of hydrogen-bond donors (Lipinski definition) is 1. The number of hydrogen-bond acceptors (Lipinski definition) is 9. The summed E-state index contributed by atoms with van der Waals surface area (Å²) >= 11 is 0. The molecule has 0 saturated heterocycles. The molecule has 2 aliphatic rings. The van der Waals surface area contributed by atoms with Crippen molar-refractivity contribution in [3.05, 3.63) is 120 Å². The molecule has 1 saturated carbocycles. The first kappa shape index (κ1) is 46.0. The zero-order valence-electron chi connectivity index (χ0n) is 36.8. The maximum absolute atomic E-state index is 12.7. The summed E-state index contributed by atoms with van der Waals surface area (Å²) in [6.45, 7) is 22.1. The second kappa shape index (κ2) is 22.0. The molecule has 5 atom stereocenters. The summed E-state index contributed by atoms with van der Waals surface area (Å²) in [6, 6.07) is 25.6. The SMILES string of the molecule is C=C(OONC=C(OO[C@@H](CCCCC)CC[C@@H]1[C@H]2Cc3cccc(OCC(=O)OCc4ccccc4)c3C[C@H]2C[C@H]1O[Si](C)(C)C(C)(C)C)C(C)C)c1ccccc1. The summed E-state index contributed by atoms with van der Waals surface area (Å²) in [6.07, 6.45) is 10.7. The lowest BCUT2D eigenvalue weighted by molar-refractivity contribution is -0.306. The molecule has 1 fully saturated rings. The fourth-order valence-electron chi connectivity index (χ4n) is 8.00. The summed E-state index contributed by atoms with van der Waals surface area (Å²) in [5.74, 6) is 2.74. The molecule has 0 aromatic heterocycles. The van der Waals surface area contributed by atoms with Crippen LogP contribution in [0, 0.1) is 23.7 Å². The van der Waals surface area contributed by atoms with Gasteiger partial charge in [-0.05, 0) is 97.2 Å². The highest BCUT2D eigenvalue weighted by atomic mass is 28.4. The molecule has 3 aromatic rings. The van der Waals surface area contributed by atoms with Gasteiger partial charge in [0.15, 0.2) is 26.4 Å². The number of ether oxygens (including phenoxy) is 2. The number of carbonyl (C=O) groups excluding carboxylic acids is 1. The molecule has 9 nitrogen and oxygen atoms in total. The quantitative estimate of drug-likeness (QED) is 0.0250. The van der Waals surface area contributed by atoms with E-state index in [2.05, 4.69) is 65.0 Å². The minimum absolute atomic E-state index is 0.0359. The minimum atomic E-state index is -2.07. The Morgan fingerprint density at radius 3 is 2.36 bits per heavy atom. The first-order valence-corrected chi connectivity index (χ1v) is 24.6. The van der Waals surface area contributed by atoms with Crippen LogP contribution in [-0.4, -0.2) is 33.1 Å². The van der Waals surface area contributed by atoms with Gasteiger partial charge in [-0.25, -0.2) is 10.3 Å². The van der Waals surface area contributed by atoms with Gasteiger partial charge in [0.1, 0.15) is 18.5 Å². The second-order valence-corrected chi connectivity index (χ2v) is 22.9. The van der Waals surface area contributed by atoms with Crippen molar-refractivity contribution in [3.63, 3.8) is 0 Å². The molecule has 0 radical (unpaired) electrons. The molecule has 3 aromatic carbocycles.